The molecule has 1 saturated carbocycles. The van der Waals surface area contributed by atoms with Crippen LogP contribution in [0.2, 0.25) is 0 Å². The lowest BCUT2D eigenvalue weighted by molar-refractivity contribution is -0.0111. The summed E-state index contributed by atoms with van der Waals surface area (Å²) < 4.78 is 11.0. The maximum Gasteiger partial charge on any atom is 0.0704 e. The monoisotopic (exact) mass is 201 g/mol. The predicted octanol–water partition coefficient (Wildman–Crippen LogP) is 1.57. The molecule has 14 heavy (non-hydrogen) atoms. The fourth-order valence-electron chi connectivity index (χ4n) is 1.94. The molecule has 0 aromatic rings. The number of rotatable bonds is 6. The normalized spacial score (nSPS) is 27.9. The Morgan fingerprint density at radius 1 is 1.14 bits per heavy atom. The van der Waals surface area contributed by atoms with Gasteiger partial charge in [0, 0.05) is 12.6 Å². The molecule has 1 N–H and O–H groups in total. The average molecular weight is 201 g/mol. The van der Waals surface area contributed by atoms with Gasteiger partial charge in [0.25, 0.3) is 0 Å². The lowest BCUT2D eigenvalue weighted by Crippen LogP contribution is -2.33. The smallest absolute Gasteiger partial charge is 0.0704 e. The molecule has 0 unspecified atom stereocenters. The van der Waals surface area contributed by atoms with Crippen LogP contribution < -0.4 is 5.32 Å². The fraction of sp³-hybridized carbons (Fsp3) is 1.00. The van der Waals surface area contributed by atoms with Crippen molar-refractivity contribution in [3.8, 4) is 0 Å². The van der Waals surface area contributed by atoms with Crippen molar-refractivity contribution in [2.75, 3.05) is 26.9 Å². The Hall–Kier alpha value is -0.120. The maximum atomic E-state index is 5.73. The van der Waals surface area contributed by atoms with Gasteiger partial charge in [0.1, 0.15) is 0 Å². The fourth-order valence-corrected chi connectivity index (χ4v) is 1.94. The van der Waals surface area contributed by atoms with Crippen molar-refractivity contribution in [2.45, 2.75) is 44.8 Å². The van der Waals surface area contributed by atoms with Gasteiger partial charge >= 0.3 is 0 Å². The molecule has 1 rings (SSSR count). The van der Waals surface area contributed by atoms with Crippen LogP contribution in [-0.2, 0) is 9.47 Å². The molecule has 0 aliphatic heterocycles. The highest BCUT2D eigenvalue weighted by Gasteiger charge is 2.19. The largest absolute Gasteiger partial charge is 0.379 e. The molecule has 0 radical (unpaired) electrons. The molecule has 0 spiro atoms. The zero-order valence-corrected chi connectivity index (χ0v) is 9.42. The summed E-state index contributed by atoms with van der Waals surface area (Å²) in [6.45, 7) is 4.29. The van der Waals surface area contributed by atoms with E-state index in [0.717, 1.165) is 19.8 Å². The van der Waals surface area contributed by atoms with E-state index in [2.05, 4.69) is 5.32 Å². The predicted molar refractivity (Wildman–Crippen MR) is 57.5 cm³/mol. The van der Waals surface area contributed by atoms with Crippen LogP contribution in [0.25, 0.3) is 0 Å². The first-order valence-electron chi connectivity index (χ1n) is 5.73. The van der Waals surface area contributed by atoms with Crippen molar-refractivity contribution in [3.05, 3.63) is 0 Å². The molecular formula is C11H23NO2. The molecule has 1 aliphatic carbocycles. The minimum atomic E-state index is 0.472. The third kappa shape index (κ3) is 4.40. The van der Waals surface area contributed by atoms with Crippen molar-refractivity contribution in [2.24, 2.45) is 0 Å². The van der Waals surface area contributed by atoms with Gasteiger partial charge < -0.3 is 14.8 Å². The molecule has 3 nitrogen and oxygen atoms in total. The molecular weight excluding hydrogens is 178 g/mol. The SMILES string of the molecule is CCOCCOC1CCC(NC)CC1. The van der Waals surface area contributed by atoms with E-state index in [1.165, 1.54) is 25.7 Å². The first-order valence-corrected chi connectivity index (χ1v) is 5.73. The summed E-state index contributed by atoms with van der Waals surface area (Å²) in [5.41, 5.74) is 0. The average Bonchev–Trinajstić information content (AvgIpc) is 2.25. The van der Waals surface area contributed by atoms with Gasteiger partial charge in [-0.05, 0) is 39.7 Å². The van der Waals surface area contributed by atoms with E-state index in [-0.39, 0.29) is 0 Å². The summed E-state index contributed by atoms with van der Waals surface area (Å²) in [4.78, 5) is 0. The number of hydrogen-bond acceptors (Lipinski definition) is 3. The molecule has 1 fully saturated rings. The summed E-state index contributed by atoms with van der Waals surface area (Å²) in [7, 11) is 2.04. The molecule has 84 valence electrons. The Kier molecular flexibility index (Phi) is 6.15. The Labute approximate surface area is 87.2 Å². The number of ether oxygens (including phenoxy) is 2. The molecule has 0 saturated heterocycles. The van der Waals surface area contributed by atoms with Crippen molar-refractivity contribution >= 4 is 0 Å². The van der Waals surface area contributed by atoms with Gasteiger partial charge in [0.05, 0.1) is 19.3 Å². The van der Waals surface area contributed by atoms with E-state index in [1.54, 1.807) is 0 Å². The first kappa shape index (κ1) is 12.0. The highest BCUT2D eigenvalue weighted by atomic mass is 16.5. The topological polar surface area (TPSA) is 30.5 Å². The molecule has 0 aromatic heterocycles. The quantitative estimate of drug-likeness (QED) is 0.662. The van der Waals surface area contributed by atoms with Crippen LogP contribution in [0.5, 0.6) is 0 Å². The minimum Gasteiger partial charge on any atom is -0.379 e. The lowest BCUT2D eigenvalue weighted by atomic mass is 9.93. The van der Waals surface area contributed by atoms with E-state index >= 15 is 0 Å². The van der Waals surface area contributed by atoms with Crippen LogP contribution in [-0.4, -0.2) is 39.0 Å². The molecule has 0 bridgehead atoms. The Morgan fingerprint density at radius 3 is 2.43 bits per heavy atom. The second-order valence-electron chi connectivity index (χ2n) is 3.83. The van der Waals surface area contributed by atoms with Gasteiger partial charge in [-0.1, -0.05) is 0 Å². The number of nitrogens with one attached hydrogen (secondary N) is 1. The molecule has 0 amide bonds. The second-order valence-corrected chi connectivity index (χ2v) is 3.83. The molecule has 1 aliphatic rings. The molecule has 3 heteroatoms. The zero-order valence-electron chi connectivity index (χ0n) is 9.42. The van der Waals surface area contributed by atoms with E-state index in [4.69, 9.17) is 9.47 Å². The van der Waals surface area contributed by atoms with Crippen LogP contribution >= 0.6 is 0 Å². The van der Waals surface area contributed by atoms with E-state index in [1.807, 2.05) is 14.0 Å². The summed E-state index contributed by atoms with van der Waals surface area (Å²) in [5, 5.41) is 3.32. The molecule has 0 aromatic carbocycles. The van der Waals surface area contributed by atoms with Gasteiger partial charge in [-0.15, -0.1) is 0 Å². The molecule has 0 atom stereocenters. The standard InChI is InChI=1S/C11H23NO2/c1-3-13-8-9-14-11-6-4-10(12-2)5-7-11/h10-12H,3-9H2,1-2H3. The van der Waals surface area contributed by atoms with Crippen LogP contribution in [0, 0.1) is 0 Å². The summed E-state index contributed by atoms with van der Waals surface area (Å²) in [5.74, 6) is 0. The van der Waals surface area contributed by atoms with Crippen LogP contribution in [0.1, 0.15) is 32.6 Å². The van der Waals surface area contributed by atoms with Crippen LogP contribution in [0.15, 0.2) is 0 Å². The van der Waals surface area contributed by atoms with Crippen molar-refractivity contribution in [3.63, 3.8) is 0 Å². The Balaban J connectivity index is 1.98. The maximum absolute atomic E-state index is 5.73. The van der Waals surface area contributed by atoms with E-state index in [9.17, 15) is 0 Å². The second kappa shape index (κ2) is 7.21. The Morgan fingerprint density at radius 2 is 1.86 bits per heavy atom. The number of hydrogen-bond donors (Lipinski definition) is 1. The van der Waals surface area contributed by atoms with E-state index < -0.39 is 0 Å². The van der Waals surface area contributed by atoms with Gasteiger partial charge in [-0.2, -0.15) is 0 Å². The summed E-state index contributed by atoms with van der Waals surface area (Å²) >= 11 is 0. The summed E-state index contributed by atoms with van der Waals surface area (Å²) in [6, 6.07) is 0.710. The van der Waals surface area contributed by atoms with Crippen molar-refractivity contribution in [1.82, 2.24) is 5.32 Å². The third-order valence-electron chi connectivity index (χ3n) is 2.87. The highest BCUT2D eigenvalue weighted by molar-refractivity contribution is 4.76. The minimum absolute atomic E-state index is 0.472. The zero-order chi connectivity index (χ0) is 10.2. The summed E-state index contributed by atoms with van der Waals surface area (Å²) in [6.07, 6.45) is 5.35. The first-order chi connectivity index (χ1) is 6.86. The van der Waals surface area contributed by atoms with Crippen LogP contribution in [0.4, 0.5) is 0 Å². The van der Waals surface area contributed by atoms with Gasteiger partial charge in [0.2, 0.25) is 0 Å². The van der Waals surface area contributed by atoms with E-state index in [0.29, 0.717) is 12.1 Å². The van der Waals surface area contributed by atoms with Crippen molar-refractivity contribution < 1.29 is 9.47 Å². The molecule has 0 heterocycles. The van der Waals surface area contributed by atoms with Crippen molar-refractivity contribution in [1.29, 1.82) is 0 Å². The van der Waals surface area contributed by atoms with Crippen LogP contribution in [0.3, 0.4) is 0 Å². The third-order valence-corrected chi connectivity index (χ3v) is 2.87. The lowest BCUT2D eigenvalue weighted by Gasteiger charge is -2.28. The van der Waals surface area contributed by atoms with Gasteiger partial charge in [-0.3, -0.25) is 0 Å². The Bertz CT molecular complexity index is 133. The van der Waals surface area contributed by atoms with Gasteiger partial charge in [-0.25, -0.2) is 0 Å². The van der Waals surface area contributed by atoms with Gasteiger partial charge in [0.15, 0.2) is 0 Å². The highest BCUT2D eigenvalue weighted by Crippen LogP contribution is 2.20.